The molecule has 6 nitrogen and oxygen atoms in total. The maximum absolute atomic E-state index is 10.6. The van der Waals surface area contributed by atoms with Crippen LogP contribution in [0.3, 0.4) is 0 Å². The smallest absolute Gasteiger partial charge is 0.217 e. The first-order chi connectivity index (χ1) is 15.9. The Bertz CT molecular complexity index is 1060. The van der Waals surface area contributed by atoms with Crippen molar-refractivity contribution < 1.29 is 9.47 Å². The van der Waals surface area contributed by atoms with E-state index in [0.29, 0.717) is 23.4 Å². The number of halogens is 2. The van der Waals surface area contributed by atoms with Crippen molar-refractivity contribution in [3.05, 3.63) is 33.8 Å². The molecule has 0 spiro atoms. The fourth-order valence-electron chi connectivity index (χ4n) is 5.91. The van der Waals surface area contributed by atoms with Crippen molar-refractivity contribution in [1.29, 1.82) is 21.2 Å². The van der Waals surface area contributed by atoms with Gasteiger partial charge in [0, 0.05) is 22.0 Å². The third-order valence-corrected chi connectivity index (χ3v) is 8.12. The van der Waals surface area contributed by atoms with E-state index in [4.69, 9.17) is 38.1 Å². The number of nitrogens with zero attached hydrogens (tertiary/aromatic N) is 3. The maximum atomic E-state index is 10.6. The SMILES string of the molecule is N#CC1(C#N)C(c2ccc(Cl)cc2Cl)OC23CCCCCCCCCCC2C1(C#N)C(=N)O3. The van der Waals surface area contributed by atoms with E-state index < -0.39 is 28.6 Å². The Morgan fingerprint density at radius 1 is 0.909 bits per heavy atom. The van der Waals surface area contributed by atoms with Crippen LogP contribution < -0.4 is 0 Å². The highest BCUT2D eigenvalue weighted by molar-refractivity contribution is 6.35. The topological polar surface area (TPSA) is 114 Å². The summed E-state index contributed by atoms with van der Waals surface area (Å²) < 4.78 is 12.7. The summed E-state index contributed by atoms with van der Waals surface area (Å²) in [6.07, 6.45) is 8.03. The van der Waals surface area contributed by atoms with E-state index in [2.05, 4.69) is 18.2 Å². The van der Waals surface area contributed by atoms with Crippen molar-refractivity contribution in [2.75, 3.05) is 0 Å². The first-order valence-electron chi connectivity index (χ1n) is 11.6. The lowest BCUT2D eigenvalue weighted by Gasteiger charge is -2.50. The largest absolute Gasteiger partial charge is 0.447 e. The number of benzene rings is 1. The molecule has 2 bridgehead atoms. The highest BCUT2D eigenvalue weighted by Crippen LogP contribution is 2.68. The summed E-state index contributed by atoms with van der Waals surface area (Å²) in [5, 5.41) is 40.8. The Kier molecular flexibility index (Phi) is 6.61. The summed E-state index contributed by atoms with van der Waals surface area (Å²) in [5.74, 6) is -2.19. The Hall–Kier alpha value is -2.30. The van der Waals surface area contributed by atoms with Gasteiger partial charge >= 0.3 is 0 Å². The molecule has 2 aliphatic heterocycles. The third kappa shape index (κ3) is 3.50. The second-order valence-corrected chi connectivity index (χ2v) is 10.1. The fourth-order valence-corrected chi connectivity index (χ4v) is 6.42. The summed E-state index contributed by atoms with van der Waals surface area (Å²) in [5.41, 5.74) is -3.36. The molecule has 1 saturated carbocycles. The molecule has 1 aromatic carbocycles. The maximum Gasteiger partial charge on any atom is 0.217 e. The van der Waals surface area contributed by atoms with Gasteiger partial charge in [-0.3, -0.25) is 5.41 Å². The molecule has 0 radical (unpaired) electrons. The van der Waals surface area contributed by atoms with Crippen LogP contribution in [0.15, 0.2) is 18.2 Å². The zero-order valence-corrected chi connectivity index (χ0v) is 19.9. The van der Waals surface area contributed by atoms with E-state index in [1.54, 1.807) is 12.1 Å². The van der Waals surface area contributed by atoms with Crippen molar-refractivity contribution in [2.45, 2.75) is 76.1 Å². The lowest BCUT2D eigenvalue weighted by atomic mass is 9.52. The number of nitrogens with one attached hydrogen (secondary N) is 1. The van der Waals surface area contributed by atoms with Crippen molar-refractivity contribution in [1.82, 2.24) is 0 Å². The van der Waals surface area contributed by atoms with Gasteiger partial charge in [0.2, 0.25) is 17.1 Å². The average molecular weight is 485 g/mol. The van der Waals surface area contributed by atoms with Gasteiger partial charge in [0.15, 0.2) is 5.41 Å². The summed E-state index contributed by atoms with van der Waals surface area (Å²) in [4.78, 5) is 0. The van der Waals surface area contributed by atoms with Gasteiger partial charge in [0.05, 0.1) is 24.1 Å². The third-order valence-electron chi connectivity index (χ3n) is 7.56. The van der Waals surface area contributed by atoms with Gasteiger partial charge in [0.1, 0.15) is 6.10 Å². The van der Waals surface area contributed by atoms with Gasteiger partial charge in [-0.05, 0) is 25.0 Å². The molecule has 4 atom stereocenters. The van der Waals surface area contributed by atoms with Crippen LogP contribution in [0.4, 0.5) is 0 Å². The zero-order valence-electron chi connectivity index (χ0n) is 18.4. The van der Waals surface area contributed by atoms with E-state index in [1.165, 1.54) is 18.9 Å². The van der Waals surface area contributed by atoms with Crippen LogP contribution in [0.25, 0.3) is 0 Å². The van der Waals surface area contributed by atoms with Gasteiger partial charge in [-0.2, -0.15) is 15.8 Å². The van der Waals surface area contributed by atoms with Crippen molar-refractivity contribution in [2.24, 2.45) is 16.7 Å². The Morgan fingerprint density at radius 2 is 1.55 bits per heavy atom. The zero-order chi connectivity index (χ0) is 23.7. The lowest BCUT2D eigenvalue weighted by molar-refractivity contribution is -0.287. The molecule has 33 heavy (non-hydrogen) atoms. The molecule has 2 heterocycles. The first kappa shape index (κ1) is 23.8. The normalized spacial score (nSPS) is 33.7. The first-order valence-corrected chi connectivity index (χ1v) is 12.3. The standard InChI is InChI=1S/C25H26Cl2N4O2/c26-17-10-11-18(19(27)13-17)21-23(14-28,15-29)24(16-30)20-9-7-5-3-1-2-4-6-8-12-25(20,32-21)33-22(24)31/h10-11,13,20-21,31H,1-9,12H2. The van der Waals surface area contributed by atoms with Crippen molar-refractivity contribution in [3.63, 3.8) is 0 Å². The van der Waals surface area contributed by atoms with Crippen LogP contribution in [0.1, 0.15) is 75.9 Å². The molecule has 1 N–H and O–H groups in total. The van der Waals surface area contributed by atoms with Gasteiger partial charge < -0.3 is 9.47 Å². The molecule has 172 valence electrons. The minimum absolute atomic E-state index is 0.240. The molecule has 3 aliphatic rings. The van der Waals surface area contributed by atoms with Crippen LogP contribution in [-0.2, 0) is 9.47 Å². The van der Waals surface area contributed by atoms with Crippen LogP contribution in [0.2, 0.25) is 10.0 Å². The summed E-state index contributed by atoms with van der Waals surface area (Å²) >= 11 is 12.6. The van der Waals surface area contributed by atoms with Gasteiger partial charge in [-0.1, -0.05) is 74.2 Å². The number of hydrogen-bond acceptors (Lipinski definition) is 6. The Balaban J connectivity index is 1.91. The van der Waals surface area contributed by atoms with Crippen molar-refractivity contribution >= 4 is 29.1 Å². The molecule has 3 fully saturated rings. The summed E-state index contributed by atoms with van der Waals surface area (Å²) in [6.45, 7) is 0. The van der Waals surface area contributed by atoms with Crippen LogP contribution >= 0.6 is 23.2 Å². The van der Waals surface area contributed by atoms with Crippen LogP contribution in [0, 0.1) is 56.2 Å². The molecule has 4 unspecified atom stereocenters. The average Bonchev–Trinajstić information content (AvgIpc) is 2.97. The molecular formula is C25H26Cl2N4O2. The number of hydrogen-bond donors (Lipinski definition) is 1. The van der Waals surface area contributed by atoms with Gasteiger partial charge in [-0.25, -0.2) is 0 Å². The number of nitriles is 3. The Labute approximate surface area is 204 Å². The van der Waals surface area contributed by atoms with E-state index >= 15 is 0 Å². The second-order valence-electron chi connectivity index (χ2n) is 9.28. The van der Waals surface area contributed by atoms with Gasteiger partial charge in [0.25, 0.3) is 0 Å². The quantitative estimate of drug-likeness (QED) is 0.468. The lowest BCUT2D eigenvalue weighted by Crippen LogP contribution is -2.59. The minimum atomic E-state index is -2.00. The molecule has 8 heteroatoms. The monoisotopic (exact) mass is 484 g/mol. The summed E-state index contributed by atoms with van der Waals surface area (Å²) in [6, 6.07) is 11.2. The number of ether oxygens (including phenoxy) is 2. The summed E-state index contributed by atoms with van der Waals surface area (Å²) in [7, 11) is 0. The van der Waals surface area contributed by atoms with E-state index in [0.717, 1.165) is 38.5 Å². The molecule has 0 amide bonds. The van der Waals surface area contributed by atoms with E-state index in [1.807, 2.05) is 0 Å². The van der Waals surface area contributed by atoms with E-state index in [-0.39, 0.29) is 10.9 Å². The predicted molar refractivity (Wildman–Crippen MR) is 123 cm³/mol. The highest BCUT2D eigenvalue weighted by atomic mass is 35.5. The molecule has 0 aromatic heterocycles. The fraction of sp³-hybridized carbons (Fsp3) is 0.600. The van der Waals surface area contributed by atoms with Crippen molar-refractivity contribution in [3.8, 4) is 18.2 Å². The Morgan fingerprint density at radius 3 is 2.15 bits per heavy atom. The second kappa shape index (κ2) is 9.15. The van der Waals surface area contributed by atoms with E-state index in [9.17, 15) is 15.8 Å². The minimum Gasteiger partial charge on any atom is -0.447 e. The number of rotatable bonds is 1. The molecular weight excluding hydrogens is 459 g/mol. The predicted octanol–water partition coefficient (Wildman–Crippen LogP) is 6.84. The molecule has 1 aromatic rings. The molecule has 2 saturated heterocycles. The van der Waals surface area contributed by atoms with Crippen LogP contribution in [0.5, 0.6) is 0 Å². The molecule has 4 rings (SSSR count). The van der Waals surface area contributed by atoms with Gasteiger partial charge in [-0.15, -0.1) is 0 Å². The van der Waals surface area contributed by atoms with Crippen LogP contribution in [-0.4, -0.2) is 11.7 Å². The highest BCUT2D eigenvalue weighted by Gasteiger charge is 2.80. The molecule has 1 aliphatic carbocycles.